The van der Waals surface area contributed by atoms with Gasteiger partial charge in [-0.3, -0.25) is 0 Å². The Morgan fingerprint density at radius 1 is 1.12 bits per heavy atom. The second-order valence-corrected chi connectivity index (χ2v) is 9.47. The molecule has 1 aliphatic rings. The highest BCUT2D eigenvalue weighted by molar-refractivity contribution is 7.89. The van der Waals surface area contributed by atoms with E-state index in [1.54, 1.807) is 35.0 Å². The van der Waals surface area contributed by atoms with Crippen molar-refractivity contribution in [1.82, 2.24) is 24.6 Å². The van der Waals surface area contributed by atoms with Crippen LogP contribution in [0.3, 0.4) is 0 Å². The number of urea groups is 1. The number of amides is 2. The molecule has 0 aliphatic carbocycles. The average molecular weight is 473 g/mol. The van der Waals surface area contributed by atoms with Crippen LogP contribution in [0.4, 0.5) is 10.5 Å². The number of ether oxygens (including phenoxy) is 1. The number of nitrogens with zero attached hydrogens (tertiary/aromatic N) is 4. The van der Waals surface area contributed by atoms with E-state index in [2.05, 4.69) is 25.7 Å². The number of anilines is 1. The molecule has 1 aromatic heterocycles. The predicted molar refractivity (Wildman–Crippen MR) is 120 cm³/mol. The zero-order valence-corrected chi connectivity index (χ0v) is 18.8. The number of carbonyl (C=O) groups is 2. The highest BCUT2D eigenvalue weighted by Crippen LogP contribution is 2.23. The lowest BCUT2D eigenvalue weighted by atomic mass is 10.2. The van der Waals surface area contributed by atoms with Gasteiger partial charge in [-0.1, -0.05) is 11.3 Å². The first kappa shape index (κ1) is 22.7. The van der Waals surface area contributed by atoms with Crippen LogP contribution in [0.25, 0.3) is 11.0 Å². The van der Waals surface area contributed by atoms with Crippen molar-refractivity contribution >= 4 is 38.7 Å². The van der Waals surface area contributed by atoms with Crippen molar-refractivity contribution in [3.05, 3.63) is 48.0 Å². The number of nitrogens with one attached hydrogen (secondary N) is 2. The minimum absolute atomic E-state index is 0.204. The van der Waals surface area contributed by atoms with E-state index in [0.29, 0.717) is 41.9 Å². The van der Waals surface area contributed by atoms with Gasteiger partial charge in [-0.15, -0.1) is 5.10 Å². The Bertz CT molecular complexity index is 1280. The lowest BCUT2D eigenvalue weighted by Gasteiger charge is -2.15. The van der Waals surface area contributed by atoms with Crippen LogP contribution >= 0.6 is 0 Å². The number of benzene rings is 2. The van der Waals surface area contributed by atoms with E-state index < -0.39 is 22.0 Å². The standard InChI is InChI=1S/C21H24N6O5S/c1-32-20(28)15-5-4-6-16(13-15)23-21(29)22-9-12-27-19-8-7-17(14-18(19)24-25-27)33(30,31)26-10-2-3-11-26/h4-8,13-14H,2-3,9-12H2,1H3,(H2,22,23,29). The summed E-state index contributed by atoms with van der Waals surface area (Å²) in [6.45, 7) is 1.67. The van der Waals surface area contributed by atoms with Crippen LogP contribution < -0.4 is 10.6 Å². The molecule has 0 bridgehead atoms. The molecule has 0 saturated carbocycles. The number of aromatic nitrogens is 3. The zero-order valence-electron chi connectivity index (χ0n) is 18.0. The minimum atomic E-state index is -3.53. The summed E-state index contributed by atoms with van der Waals surface area (Å²) < 4.78 is 33.3. The lowest BCUT2D eigenvalue weighted by molar-refractivity contribution is 0.0600. The Labute approximate surface area is 190 Å². The van der Waals surface area contributed by atoms with Gasteiger partial charge in [-0.2, -0.15) is 4.31 Å². The molecule has 174 valence electrons. The molecule has 2 heterocycles. The fourth-order valence-electron chi connectivity index (χ4n) is 3.65. The van der Waals surface area contributed by atoms with Gasteiger partial charge in [0.1, 0.15) is 5.52 Å². The smallest absolute Gasteiger partial charge is 0.337 e. The van der Waals surface area contributed by atoms with Crippen LogP contribution in [0.5, 0.6) is 0 Å². The quantitative estimate of drug-likeness (QED) is 0.501. The topological polar surface area (TPSA) is 136 Å². The Morgan fingerprint density at radius 3 is 2.67 bits per heavy atom. The van der Waals surface area contributed by atoms with Crippen LogP contribution in [0.1, 0.15) is 23.2 Å². The molecule has 2 N–H and O–H groups in total. The number of fused-ring (bicyclic) bond motifs is 1. The molecule has 0 radical (unpaired) electrons. The Kier molecular flexibility index (Phi) is 6.56. The normalized spacial score (nSPS) is 14.3. The molecule has 1 aliphatic heterocycles. The second kappa shape index (κ2) is 9.55. The number of esters is 1. The maximum atomic E-state index is 12.7. The van der Waals surface area contributed by atoms with E-state index in [1.807, 2.05) is 0 Å². The lowest BCUT2D eigenvalue weighted by Crippen LogP contribution is -2.31. The molecule has 12 heteroatoms. The van der Waals surface area contributed by atoms with E-state index in [0.717, 1.165) is 12.8 Å². The summed E-state index contributed by atoms with van der Waals surface area (Å²) in [6, 6.07) is 10.7. The zero-order chi connectivity index (χ0) is 23.4. The van der Waals surface area contributed by atoms with Crippen molar-refractivity contribution in [2.45, 2.75) is 24.3 Å². The van der Waals surface area contributed by atoms with Gasteiger partial charge in [0.05, 0.1) is 29.6 Å². The first-order chi connectivity index (χ1) is 15.9. The molecule has 4 rings (SSSR count). The van der Waals surface area contributed by atoms with Gasteiger partial charge in [0, 0.05) is 25.3 Å². The molecule has 3 aromatic rings. The predicted octanol–water partition coefficient (Wildman–Crippen LogP) is 1.82. The Morgan fingerprint density at radius 2 is 1.91 bits per heavy atom. The number of carbonyl (C=O) groups excluding carboxylic acids is 2. The maximum absolute atomic E-state index is 12.7. The highest BCUT2D eigenvalue weighted by atomic mass is 32.2. The fourth-order valence-corrected chi connectivity index (χ4v) is 5.19. The molecule has 0 atom stereocenters. The van der Waals surface area contributed by atoms with Crippen LogP contribution in [0.15, 0.2) is 47.4 Å². The summed E-state index contributed by atoms with van der Waals surface area (Å²) in [5.41, 5.74) is 1.92. The monoisotopic (exact) mass is 472 g/mol. The van der Waals surface area contributed by atoms with Crippen LogP contribution in [0, 0.1) is 0 Å². The van der Waals surface area contributed by atoms with Crippen LogP contribution in [0.2, 0.25) is 0 Å². The summed E-state index contributed by atoms with van der Waals surface area (Å²) in [5, 5.41) is 13.5. The van der Waals surface area contributed by atoms with Crippen LogP contribution in [-0.2, 0) is 21.3 Å². The Hall–Kier alpha value is -3.51. The summed E-state index contributed by atoms with van der Waals surface area (Å²) in [5.74, 6) is -0.492. The largest absolute Gasteiger partial charge is 0.465 e. The molecule has 2 amide bonds. The number of sulfonamides is 1. The van der Waals surface area contributed by atoms with Gasteiger partial charge < -0.3 is 15.4 Å². The number of methoxy groups -OCH3 is 1. The summed E-state index contributed by atoms with van der Waals surface area (Å²) >= 11 is 0. The van der Waals surface area contributed by atoms with Gasteiger partial charge in [-0.05, 0) is 49.2 Å². The third kappa shape index (κ3) is 4.96. The third-order valence-electron chi connectivity index (χ3n) is 5.34. The van der Waals surface area contributed by atoms with Gasteiger partial charge in [-0.25, -0.2) is 22.7 Å². The summed E-state index contributed by atoms with van der Waals surface area (Å²) in [4.78, 5) is 24.0. The molecule has 0 unspecified atom stereocenters. The van der Waals surface area contributed by atoms with Gasteiger partial charge >= 0.3 is 12.0 Å². The summed E-state index contributed by atoms with van der Waals surface area (Å²) in [7, 11) is -2.24. The van der Waals surface area contributed by atoms with Crippen molar-refractivity contribution in [2.75, 3.05) is 32.1 Å². The van der Waals surface area contributed by atoms with Crippen molar-refractivity contribution in [2.24, 2.45) is 0 Å². The summed E-state index contributed by atoms with van der Waals surface area (Å²) in [6.07, 6.45) is 1.74. The number of hydrogen-bond donors (Lipinski definition) is 2. The van der Waals surface area contributed by atoms with Crippen LogP contribution in [-0.4, -0.2) is 66.5 Å². The van der Waals surface area contributed by atoms with E-state index in [-0.39, 0.29) is 11.4 Å². The van der Waals surface area contributed by atoms with Crippen molar-refractivity contribution in [1.29, 1.82) is 0 Å². The highest BCUT2D eigenvalue weighted by Gasteiger charge is 2.27. The molecule has 1 saturated heterocycles. The van der Waals surface area contributed by atoms with E-state index in [4.69, 9.17) is 0 Å². The van der Waals surface area contributed by atoms with E-state index in [9.17, 15) is 18.0 Å². The SMILES string of the molecule is COC(=O)c1cccc(NC(=O)NCCn2nnc3cc(S(=O)(=O)N4CCCC4)ccc32)c1. The van der Waals surface area contributed by atoms with E-state index in [1.165, 1.54) is 23.5 Å². The average Bonchev–Trinajstić information content (AvgIpc) is 3.49. The Balaban J connectivity index is 1.36. The fraction of sp³-hybridized carbons (Fsp3) is 0.333. The molecular formula is C21H24N6O5S. The van der Waals surface area contributed by atoms with Crippen molar-refractivity contribution in [3.8, 4) is 0 Å². The van der Waals surface area contributed by atoms with Gasteiger partial charge in [0.25, 0.3) is 0 Å². The minimum Gasteiger partial charge on any atom is -0.465 e. The molecule has 33 heavy (non-hydrogen) atoms. The van der Waals surface area contributed by atoms with Crippen molar-refractivity contribution < 1.29 is 22.7 Å². The molecular weight excluding hydrogens is 448 g/mol. The number of hydrogen-bond acceptors (Lipinski definition) is 7. The molecule has 1 fully saturated rings. The van der Waals surface area contributed by atoms with E-state index >= 15 is 0 Å². The third-order valence-corrected chi connectivity index (χ3v) is 7.23. The molecule has 0 spiro atoms. The maximum Gasteiger partial charge on any atom is 0.337 e. The first-order valence-electron chi connectivity index (χ1n) is 10.4. The van der Waals surface area contributed by atoms with Gasteiger partial charge in [0.15, 0.2) is 0 Å². The molecule has 2 aromatic carbocycles. The molecule has 11 nitrogen and oxygen atoms in total. The first-order valence-corrected chi connectivity index (χ1v) is 11.9. The number of rotatable bonds is 7. The van der Waals surface area contributed by atoms with Crippen molar-refractivity contribution in [3.63, 3.8) is 0 Å². The van der Waals surface area contributed by atoms with Gasteiger partial charge in [0.2, 0.25) is 10.0 Å². The second-order valence-electron chi connectivity index (χ2n) is 7.53.